The second-order valence-corrected chi connectivity index (χ2v) is 23.1. The molecule has 0 aliphatic carbocycles. The molecule has 0 spiro atoms. The van der Waals surface area contributed by atoms with Crippen LogP contribution in [0.25, 0.3) is 5.57 Å². The van der Waals surface area contributed by atoms with Crippen LogP contribution in [0.15, 0.2) is 117 Å². The van der Waals surface area contributed by atoms with E-state index in [0.29, 0.717) is 35.8 Å². The van der Waals surface area contributed by atoms with Crippen molar-refractivity contribution in [3.8, 4) is 0 Å². The highest BCUT2D eigenvalue weighted by molar-refractivity contribution is 7.99. The van der Waals surface area contributed by atoms with Gasteiger partial charge in [0.15, 0.2) is 15.6 Å². The Bertz CT molecular complexity index is 2530. The molecule has 2 saturated heterocycles. The lowest BCUT2D eigenvalue weighted by Crippen LogP contribution is -2.48. The fraction of sp³-hybridized carbons (Fsp3) is 0.449. The third kappa shape index (κ3) is 12.8. The van der Waals surface area contributed by atoms with Crippen LogP contribution in [0, 0.1) is 0 Å². The number of hydrogen-bond acceptors (Lipinski definition) is 11. The summed E-state index contributed by atoms with van der Waals surface area (Å²) in [5.74, 6) is -1.41. The third-order valence-corrected chi connectivity index (χ3v) is 17.3. The Morgan fingerprint density at radius 3 is 2.14 bits per heavy atom. The number of halogens is 4. The van der Waals surface area contributed by atoms with Gasteiger partial charge in [0.05, 0.1) is 10.6 Å². The topological polar surface area (TPSA) is 110 Å². The minimum atomic E-state index is -6.01. The van der Waals surface area contributed by atoms with E-state index in [9.17, 15) is 34.8 Å². The summed E-state index contributed by atoms with van der Waals surface area (Å²) in [6, 6.07) is 26.8. The molecular formula is C49H59ClF3N5O5S3. The van der Waals surface area contributed by atoms with Gasteiger partial charge < -0.3 is 15.1 Å². The predicted octanol–water partition coefficient (Wildman–Crippen LogP) is 9.43. The number of thioether (sulfide) groups is 1. The Kier molecular flexibility index (Phi) is 16.7. The maximum atomic E-state index is 14.2. The molecule has 0 amide bonds. The average molecular weight is 987 g/mol. The number of nitrogens with one attached hydrogen (secondary N) is 1. The summed E-state index contributed by atoms with van der Waals surface area (Å²) in [7, 11) is -10.6. The first kappa shape index (κ1) is 50.0. The first-order valence-corrected chi connectivity index (χ1v) is 27.1. The molecule has 3 aliphatic heterocycles. The number of carbonyl (C=O) groups is 1. The quantitative estimate of drug-likeness (QED) is 0.0761. The zero-order valence-electron chi connectivity index (χ0n) is 37.5. The van der Waals surface area contributed by atoms with E-state index in [2.05, 4.69) is 50.9 Å². The number of anilines is 2. The van der Waals surface area contributed by atoms with Crippen LogP contribution in [-0.4, -0.2) is 132 Å². The van der Waals surface area contributed by atoms with E-state index < -0.39 is 52.6 Å². The summed E-state index contributed by atoms with van der Waals surface area (Å²) in [6.45, 7) is 12.8. The number of piperazine rings is 1. The van der Waals surface area contributed by atoms with Gasteiger partial charge in [0.1, 0.15) is 10.6 Å². The van der Waals surface area contributed by atoms with Crippen molar-refractivity contribution >= 4 is 65.8 Å². The molecule has 7 rings (SSSR count). The molecule has 0 unspecified atom stereocenters. The molecule has 1 atom stereocenters. The molecule has 3 aliphatic rings. The molecule has 2 fully saturated rings. The number of rotatable bonds is 18. The molecule has 4 aromatic rings. The van der Waals surface area contributed by atoms with Crippen LogP contribution < -0.4 is 10.2 Å². The number of hydrogen-bond donors (Lipinski definition) is 1. The van der Waals surface area contributed by atoms with Crippen LogP contribution in [0.2, 0.25) is 5.02 Å². The lowest BCUT2D eigenvalue weighted by Gasteiger charge is -2.39. The fourth-order valence-corrected chi connectivity index (χ4v) is 12.3. The Morgan fingerprint density at radius 1 is 0.803 bits per heavy atom. The van der Waals surface area contributed by atoms with Crippen molar-refractivity contribution in [2.75, 3.05) is 87.2 Å². The van der Waals surface area contributed by atoms with Crippen molar-refractivity contribution in [2.24, 2.45) is 0 Å². The van der Waals surface area contributed by atoms with Crippen molar-refractivity contribution < 1.29 is 34.8 Å². The van der Waals surface area contributed by atoms with E-state index in [1.807, 2.05) is 42.5 Å². The van der Waals surface area contributed by atoms with Crippen molar-refractivity contribution in [3.63, 3.8) is 0 Å². The van der Waals surface area contributed by atoms with Gasteiger partial charge in [-0.15, -0.1) is 11.8 Å². The number of Topliss-reactive ketones (excluding diaryl/α,β-unsaturated/α-hetero) is 1. The van der Waals surface area contributed by atoms with Crippen molar-refractivity contribution in [2.45, 2.75) is 78.2 Å². The molecule has 0 bridgehead atoms. The molecule has 3 heterocycles. The molecule has 17 heteroatoms. The van der Waals surface area contributed by atoms with Gasteiger partial charge in [-0.3, -0.25) is 14.6 Å². The van der Waals surface area contributed by atoms with Gasteiger partial charge in [-0.1, -0.05) is 48.4 Å². The number of ketones is 1. The Labute approximate surface area is 397 Å². The molecule has 66 heavy (non-hydrogen) atoms. The maximum absolute atomic E-state index is 14.2. The van der Waals surface area contributed by atoms with E-state index in [1.165, 1.54) is 28.5 Å². The molecule has 1 N–H and O–H groups in total. The zero-order valence-corrected chi connectivity index (χ0v) is 40.7. The van der Waals surface area contributed by atoms with Crippen LogP contribution in [0.5, 0.6) is 0 Å². The highest BCUT2D eigenvalue weighted by Gasteiger charge is 2.48. The summed E-state index contributed by atoms with van der Waals surface area (Å²) >= 11 is 7.69. The molecular weight excluding hydrogens is 927 g/mol. The second-order valence-electron chi connectivity index (χ2n) is 17.7. The molecule has 356 valence electrons. The van der Waals surface area contributed by atoms with Gasteiger partial charge in [0.2, 0.25) is 0 Å². The lowest BCUT2D eigenvalue weighted by atomic mass is 9.92. The van der Waals surface area contributed by atoms with Crippen molar-refractivity contribution in [3.05, 3.63) is 119 Å². The zero-order chi connectivity index (χ0) is 47.1. The molecule has 4 aromatic carbocycles. The van der Waals surface area contributed by atoms with E-state index in [-0.39, 0.29) is 11.3 Å². The van der Waals surface area contributed by atoms with Crippen LogP contribution in [0.3, 0.4) is 0 Å². The summed E-state index contributed by atoms with van der Waals surface area (Å²) < 4.78 is 96.3. The number of carbonyl (C=O) groups excluding carboxylic acids is 1. The fourth-order valence-electron chi connectivity index (χ4n) is 8.88. The van der Waals surface area contributed by atoms with Gasteiger partial charge >= 0.3 is 5.51 Å². The molecule has 0 radical (unpaired) electrons. The van der Waals surface area contributed by atoms with Gasteiger partial charge in [-0.2, -0.15) is 13.2 Å². The van der Waals surface area contributed by atoms with Crippen molar-refractivity contribution in [1.82, 2.24) is 14.7 Å². The summed E-state index contributed by atoms with van der Waals surface area (Å²) in [5, 5.41) is 3.76. The molecule has 0 saturated carbocycles. The summed E-state index contributed by atoms with van der Waals surface area (Å²) in [4.78, 5) is 22.0. The number of sulfone groups is 2. The first-order chi connectivity index (χ1) is 31.5. The number of nitrogens with zero attached hydrogens (tertiary/aromatic N) is 4. The van der Waals surface area contributed by atoms with Crippen LogP contribution in [0.1, 0.15) is 61.9 Å². The smallest absolute Gasteiger partial charge is 0.380 e. The van der Waals surface area contributed by atoms with Gasteiger partial charge in [-0.25, -0.2) is 16.8 Å². The van der Waals surface area contributed by atoms with Crippen LogP contribution in [0.4, 0.5) is 24.5 Å². The van der Waals surface area contributed by atoms with Crippen molar-refractivity contribution in [1.29, 1.82) is 0 Å². The molecule has 10 nitrogen and oxygen atoms in total. The van der Waals surface area contributed by atoms with E-state index >= 15 is 0 Å². The monoisotopic (exact) mass is 985 g/mol. The molecule has 0 aromatic heterocycles. The number of benzene rings is 4. The normalized spacial score (nSPS) is 17.9. The minimum absolute atomic E-state index is 0.114. The minimum Gasteiger partial charge on any atom is -0.380 e. The van der Waals surface area contributed by atoms with Crippen LogP contribution >= 0.6 is 23.4 Å². The first-order valence-electron chi connectivity index (χ1n) is 22.6. The van der Waals surface area contributed by atoms with Gasteiger partial charge in [0, 0.05) is 91.4 Å². The summed E-state index contributed by atoms with van der Waals surface area (Å²) in [5.41, 5.74) is -1.07. The van der Waals surface area contributed by atoms with E-state index in [1.54, 1.807) is 24.3 Å². The Balaban J connectivity index is 1.02. The predicted molar refractivity (Wildman–Crippen MR) is 260 cm³/mol. The Hall–Kier alpha value is -3.90. The highest BCUT2D eigenvalue weighted by atomic mass is 35.5. The van der Waals surface area contributed by atoms with E-state index in [4.69, 9.17) is 11.6 Å². The standard InChI is InChI=1S/C49H59ClF3N5O5S3/c1-36(2)58-26-22-45(37-11-15-40(50)16-12-37)39(33-58)32-56-27-29-57(30-28-56)42-17-13-38(14-18-42)47(59)35-65(60,61)44-19-20-46(48(31-44)66(62,63)49(51,52)53)54-41(21-25-55-23-7-4-8-24-55)34-64-43-9-5-3-6-10-43/h3,5-6,9-20,31,36,41,54H,4,7-8,21-30,32-35H2,1-2H3/t41-/m1/s1. The number of likely N-dealkylation sites (tertiary alicyclic amines) is 1. The summed E-state index contributed by atoms with van der Waals surface area (Å²) in [6.07, 6.45) is 4.73. The van der Waals surface area contributed by atoms with Gasteiger partial charge in [-0.05, 0) is 136 Å². The van der Waals surface area contributed by atoms with E-state index in [0.717, 1.165) is 107 Å². The number of piperidine rings is 1. The number of alkyl halides is 3. The largest absolute Gasteiger partial charge is 0.501 e. The Morgan fingerprint density at radius 2 is 1.48 bits per heavy atom. The van der Waals surface area contributed by atoms with Gasteiger partial charge in [0.25, 0.3) is 9.84 Å². The third-order valence-electron chi connectivity index (χ3n) is 12.8. The SMILES string of the molecule is CC(C)N1CCC(c2ccc(Cl)cc2)=C(CN2CCN(c3ccc(C(=O)CS(=O)(=O)c4ccc(N[C@H](CCN5CCCCC5)CSc5ccccc5)c(S(=O)(=O)C(F)(F)F)c4)cc3)CC2)C1. The second kappa shape index (κ2) is 22.0. The van der Waals surface area contributed by atoms with Crippen LogP contribution in [-0.2, 0) is 19.7 Å². The average Bonchev–Trinajstić information content (AvgIpc) is 3.30. The lowest BCUT2D eigenvalue weighted by molar-refractivity contribution is -0.0435. The maximum Gasteiger partial charge on any atom is 0.501 e. The highest BCUT2D eigenvalue weighted by Crippen LogP contribution is 2.37.